The van der Waals surface area contributed by atoms with Crippen molar-refractivity contribution in [2.45, 2.75) is 18.5 Å². The third-order valence-electron chi connectivity index (χ3n) is 6.34. The van der Waals surface area contributed by atoms with Crippen LogP contribution in [0.2, 0.25) is 0 Å². The van der Waals surface area contributed by atoms with E-state index < -0.39 is 0 Å². The fourth-order valence-corrected chi connectivity index (χ4v) is 4.67. The van der Waals surface area contributed by atoms with Gasteiger partial charge < -0.3 is 20.9 Å². The Balaban J connectivity index is 1.34. The summed E-state index contributed by atoms with van der Waals surface area (Å²) in [5, 5.41) is 10.2. The van der Waals surface area contributed by atoms with Crippen LogP contribution < -0.4 is 20.9 Å². The highest BCUT2D eigenvalue weighted by atomic mass is 15.3. The molecule has 174 valence electrons. The molecule has 2 saturated heterocycles. The largest absolute Gasteiger partial charge is 0.355 e. The van der Waals surface area contributed by atoms with E-state index in [1.54, 1.807) is 31.0 Å². The average molecular weight is 464 g/mol. The zero-order valence-corrected chi connectivity index (χ0v) is 19.1. The van der Waals surface area contributed by atoms with Crippen molar-refractivity contribution in [1.82, 2.24) is 30.2 Å². The number of pyridine rings is 3. The molecule has 0 amide bonds. The highest BCUT2D eigenvalue weighted by Gasteiger charge is 2.38. The minimum Gasteiger partial charge on any atom is -0.355 e. The molecule has 9 nitrogen and oxygen atoms in total. The molecule has 6 rings (SSSR count). The fourth-order valence-electron chi connectivity index (χ4n) is 4.67. The van der Waals surface area contributed by atoms with Crippen molar-refractivity contribution in [3.05, 3.63) is 85.7 Å². The maximum Gasteiger partial charge on any atom is 0.150 e. The molecule has 0 radical (unpaired) electrons. The molecule has 2 atom stereocenters. The van der Waals surface area contributed by atoms with Gasteiger partial charge >= 0.3 is 0 Å². The Hall–Kier alpha value is -4.37. The predicted octanol–water partition coefficient (Wildman–Crippen LogP) is 3.71. The summed E-state index contributed by atoms with van der Waals surface area (Å²) in [6, 6.07) is 13.0. The molecular weight excluding hydrogens is 438 g/mol. The Morgan fingerprint density at radius 2 is 1.94 bits per heavy atom. The van der Waals surface area contributed by atoms with E-state index in [0.717, 1.165) is 47.1 Å². The molecule has 9 heteroatoms. The van der Waals surface area contributed by atoms with Gasteiger partial charge in [-0.3, -0.25) is 9.97 Å². The summed E-state index contributed by atoms with van der Waals surface area (Å²) in [4.78, 5) is 24.6. The molecule has 0 aromatic carbocycles. The monoisotopic (exact) mass is 463 g/mol. The quantitative estimate of drug-likeness (QED) is 0.378. The summed E-state index contributed by atoms with van der Waals surface area (Å²) >= 11 is 0. The highest BCUT2D eigenvalue weighted by molar-refractivity contribution is 5.79. The summed E-state index contributed by atoms with van der Waals surface area (Å²) in [7, 11) is 0. The number of aromatic nitrogens is 5. The Labute approximate surface area is 203 Å². The number of hydrogen-bond acceptors (Lipinski definition) is 9. The van der Waals surface area contributed by atoms with Crippen LogP contribution in [0.15, 0.2) is 80.2 Å². The molecule has 0 saturated carbocycles. The summed E-state index contributed by atoms with van der Waals surface area (Å²) < 4.78 is 0. The van der Waals surface area contributed by atoms with E-state index >= 15 is 0 Å². The third kappa shape index (κ3) is 4.53. The van der Waals surface area contributed by atoms with Gasteiger partial charge in [-0.15, -0.1) is 0 Å². The second-order valence-corrected chi connectivity index (χ2v) is 8.74. The average Bonchev–Trinajstić information content (AvgIpc) is 3.54. The van der Waals surface area contributed by atoms with Crippen LogP contribution in [0.5, 0.6) is 0 Å². The van der Waals surface area contributed by atoms with Gasteiger partial charge in [-0.2, -0.15) is 0 Å². The second-order valence-electron chi connectivity index (χ2n) is 8.74. The van der Waals surface area contributed by atoms with Crippen LogP contribution in [0, 0.1) is 0 Å². The van der Waals surface area contributed by atoms with Crippen LogP contribution >= 0.6 is 0 Å². The van der Waals surface area contributed by atoms with Gasteiger partial charge in [0.1, 0.15) is 17.5 Å². The lowest BCUT2D eigenvalue weighted by molar-refractivity contribution is 0.576. The molecular formula is C26H25N9. The maximum atomic E-state index is 4.88. The van der Waals surface area contributed by atoms with Crippen molar-refractivity contribution in [3.63, 3.8) is 0 Å². The van der Waals surface area contributed by atoms with Crippen molar-refractivity contribution >= 4 is 28.8 Å². The van der Waals surface area contributed by atoms with E-state index in [0.29, 0.717) is 23.7 Å². The van der Waals surface area contributed by atoms with Crippen LogP contribution in [0.25, 0.3) is 17.0 Å². The number of piperazine rings is 1. The summed E-state index contributed by atoms with van der Waals surface area (Å²) in [6.07, 6.45) is 11.5. The van der Waals surface area contributed by atoms with E-state index in [1.807, 2.05) is 36.5 Å². The topological polar surface area (TPSA) is 104 Å². The van der Waals surface area contributed by atoms with Crippen molar-refractivity contribution < 1.29 is 0 Å². The zero-order chi connectivity index (χ0) is 23.6. The predicted molar refractivity (Wildman–Crippen MR) is 137 cm³/mol. The number of hydrogen-bond donors (Lipinski definition) is 3. The minimum atomic E-state index is 0.500. The molecule has 0 spiro atoms. The van der Waals surface area contributed by atoms with Gasteiger partial charge in [0.15, 0.2) is 0 Å². The standard InChI is InChI=1S/C26H25N9/c1-17(19-3-2-5-27-13-19)32-20-11-23(33-24(12-20)34-25-15-28-7-8-29-25)18-4-6-30-26(9-18)35-16-21-10-22(35)14-31-21/h2-9,11-13,15,21-22,31H,1,10,14,16H2,(H2,29,32,33,34)/t21?,22-/m0/s1. The smallest absolute Gasteiger partial charge is 0.150 e. The lowest BCUT2D eigenvalue weighted by Gasteiger charge is -2.28. The van der Waals surface area contributed by atoms with Gasteiger partial charge in [0, 0.05) is 84.7 Å². The fraction of sp³-hybridized carbons (Fsp3) is 0.192. The number of nitrogens with zero attached hydrogens (tertiary/aromatic N) is 6. The molecule has 2 aliphatic rings. The lowest BCUT2D eigenvalue weighted by atomic mass is 10.1. The van der Waals surface area contributed by atoms with Gasteiger partial charge in [0.25, 0.3) is 0 Å². The van der Waals surface area contributed by atoms with Gasteiger partial charge in [0.2, 0.25) is 0 Å². The van der Waals surface area contributed by atoms with E-state index in [4.69, 9.17) is 4.98 Å². The number of rotatable bonds is 7. The minimum absolute atomic E-state index is 0.500. The molecule has 3 N–H and O–H groups in total. The molecule has 6 heterocycles. The third-order valence-corrected chi connectivity index (χ3v) is 6.34. The van der Waals surface area contributed by atoms with E-state index in [2.05, 4.69) is 53.4 Å². The number of nitrogens with one attached hydrogen (secondary N) is 3. The van der Waals surface area contributed by atoms with Gasteiger partial charge in [-0.05, 0) is 36.8 Å². The van der Waals surface area contributed by atoms with Crippen LogP contribution in [0.4, 0.5) is 23.1 Å². The number of fused-ring (bicyclic) bond motifs is 2. The first-order chi connectivity index (χ1) is 17.2. The lowest BCUT2D eigenvalue weighted by Crippen LogP contribution is -2.43. The second kappa shape index (κ2) is 9.11. The maximum absolute atomic E-state index is 4.88. The van der Waals surface area contributed by atoms with Gasteiger partial charge in [-0.25, -0.2) is 15.0 Å². The molecule has 4 aromatic heterocycles. The molecule has 2 fully saturated rings. The van der Waals surface area contributed by atoms with Crippen LogP contribution in [-0.4, -0.2) is 50.1 Å². The highest BCUT2D eigenvalue weighted by Crippen LogP contribution is 2.32. The Bertz CT molecular complexity index is 1340. The van der Waals surface area contributed by atoms with E-state index in [9.17, 15) is 0 Å². The van der Waals surface area contributed by atoms with E-state index in [1.165, 1.54) is 6.42 Å². The first kappa shape index (κ1) is 21.2. The van der Waals surface area contributed by atoms with E-state index in [-0.39, 0.29) is 0 Å². The van der Waals surface area contributed by atoms with Crippen LogP contribution in [-0.2, 0) is 0 Å². The summed E-state index contributed by atoms with van der Waals surface area (Å²) in [5.74, 6) is 2.25. The van der Waals surface area contributed by atoms with Crippen molar-refractivity contribution in [1.29, 1.82) is 0 Å². The first-order valence-corrected chi connectivity index (χ1v) is 11.6. The molecule has 2 bridgehead atoms. The van der Waals surface area contributed by atoms with Gasteiger partial charge in [-0.1, -0.05) is 6.58 Å². The summed E-state index contributed by atoms with van der Waals surface area (Å²) in [6.45, 7) is 6.19. The molecule has 0 aliphatic carbocycles. The summed E-state index contributed by atoms with van der Waals surface area (Å²) in [5.41, 5.74) is 4.31. The molecule has 1 unspecified atom stereocenters. The van der Waals surface area contributed by atoms with Crippen molar-refractivity contribution in [2.75, 3.05) is 28.6 Å². The van der Waals surface area contributed by atoms with Crippen molar-refractivity contribution in [2.24, 2.45) is 0 Å². The Morgan fingerprint density at radius 1 is 1.00 bits per heavy atom. The Morgan fingerprint density at radius 3 is 2.71 bits per heavy atom. The molecule has 35 heavy (non-hydrogen) atoms. The van der Waals surface area contributed by atoms with Crippen LogP contribution in [0.3, 0.4) is 0 Å². The van der Waals surface area contributed by atoms with Crippen molar-refractivity contribution in [3.8, 4) is 11.3 Å². The van der Waals surface area contributed by atoms with Crippen LogP contribution in [0.1, 0.15) is 12.0 Å². The normalized spacial score (nSPS) is 18.5. The molecule has 4 aromatic rings. The molecule has 2 aliphatic heterocycles. The van der Waals surface area contributed by atoms with Gasteiger partial charge in [0.05, 0.1) is 11.9 Å². The Kier molecular flexibility index (Phi) is 5.51. The zero-order valence-electron chi connectivity index (χ0n) is 19.1. The SMILES string of the molecule is C=C(Nc1cc(Nc2cnccn2)nc(-c2ccnc(N3CC4C[C@H]3CN4)c2)c1)c1cccnc1. The number of anilines is 4. The first-order valence-electron chi connectivity index (χ1n) is 11.6.